The second kappa shape index (κ2) is 4.90. The molecule has 0 aliphatic carbocycles. The van der Waals surface area contributed by atoms with Crippen LogP contribution in [0.5, 0.6) is 0 Å². The third-order valence-corrected chi connectivity index (χ3v) is 4.04. The van der Waals surface area contributed by atoms with E-state index < -0.39 is 16.7 Å². The van der Waals surface area contributed by atoms with E-state index in [4.69, 9.17) is 0 Å². The molecule has 1 aliphatic heterocycles. The Bertz CT molecular complexity index is 612. The molecule has 1 aromatic rings. The second-order valence-electron chi connectivity index (χ2n) is 5.51. The molecule has 6 nitrogen and oxygen atoms in total. The number of non-ortho nitro benzene ring substituents is 1. The number of hydrogen-bond donors (Lipinski definition) is 1. The van der Waals surface area contributed by atoms with Crippen LogP contribution in [0.2, 0.25) is 0 Å². The van der Waals surface area contributed by atoms with Gasteiger partial charge in [-0.25, -0.2) is 0 Å². The highest BCUT2D eigenvalue weighted by molar-refractivity contribution is 7.80. The molecule has 0 aromatic heterocycles. The number of nitro groups is 1. The van der Waals surface area contributed by atoms with E-state index in [1.807, 2.05) is 13.8 Å². The van der Waals surface area contributed by atoms with Crippen molar-refractivity contribution in [2.45, 2.75) is 13.8 Å². The minimum absolute atomic E-state index is 0.0964. The molecule has 20 heavy (non-hydrogen) atoms. The third-order valence-electron chi connectivity index (χ3n) is 3.18. The van der Waals surface area contributed by atoms with Crippen LogP contribution in [0.25, 0.3) is 0 Å². The van der Waals surface area contributed by atoms with Gasteiger partial charge in [0.25, 0.3) is 17.5 Å². The Kier molecular flexibility index (Phi) is 3.56. The lowest BCUT2D eigenvalue weighted by Gasteiger charge is -2.27. The van der Waals surface area contributed by atoms with Crippen molar-refractivity contribution in [3.05, 3.63) is 39.4 Å². The molecule has 1 aromatic carbocycles. The van der Waals surface area contributed by atoms with Crippen molar-refractivity contribution < 1.29 is 14.5 Å². The number of fused-ring (bicyclic) bond motifs is 1. The molecule has 0 spiro atoms. The van der Waals surface area contributed by atoms with Crippen molar-refractivity contribution in [1.29, 1.82) is 0 Å². The van der Waals surface area contributed by atoms with Crippen molar-refractivity contribution in [2.24, 2.45) is 5.41 Å². The summed E-state index contributed by atoms with van der Waals surface area (Å²) in [5.41, 5.74) is -0.197. The summed E-state index contributed by atoms with van der Waals surface area (Å²) in [6.07, 6.45) is 0. The number of imide groups is 1. The maximum absolute atomic E-state index is 12.2. The van der Waals surface area contributed by atoms with Gasteiger partial charge in [-0.15, -0.1) is 0 Å². The number of nitrogens with zero attached hydrogens (tertiary/aromatic N) is 2. The molecule has 0 N–H and O–H groups in total. The molecule has 0 saturated heterocycles. The number of amides is 2. The van der Waals surface area contributed by atoms with Gasteiger partial charge in [0, 0.05) is 18.7 Å². The highest BCUT2D eigenvalue weighted by Gasteiger charge is 2.39. The van der Waals surface area contributed by atoms with Gasteiger partial charge in [0.05, 0.1) is 16.1 Å². The van der Waals surface area contributed by atoms with E-state index >= 15 is 0 Å². The van der Waals surface area contributed by atoms with Gasteiger partial charge >= 0.3 is 0 Å². The van der Waals surface area contributed by atoms with E-state index in [9.17, 15) is 19.7 Å². The molecule has 0 radical (unpaired) electrons. The number of nitro benzene ring substituents is 1. The van der Waals surface area contributed by atoms with Gasteiger partial charge < -0.3 is 0 Å². The van der Waals surface area contributed by atoms with E-state index in [1.54, 1.807) is 0 Å². The molecule has 7 heteroatoms. The van der Waals surface area contributed by atoms with Crippen LogP contribution in [-0.4, -0.2) is 33.9 Å². The van der Waals surface area contributed by atoms with E-state index in [-0.39, 0.29) is 28.8 Å². The topological polar surface area (TPSA) is 80.5 Å². The average molecular weight is 294 g/mol. The summed E-state index contributed by atoms with van der Waals surface area (Å²) in [6.45, 7) is 4.02. The quantitative estimate of drug-likeness (QED) is 0.399. The number of thiol groups is 1. The van der Waals surface area contributed by atoms with Crippen LogP contribution in [0.15, 0.2) is 18.2 Å². The number of rotatable bonds is 4. The fourth-order valence-corrected chi connectivity index (χ4v) is 2.11. The molecule has 0 bridgehead atoms. The Morgan fingerprint density at radius 2 is 1.85 bits per heavy atom. The molecule has 0 saturated carbocycles. The third kappa shape index (κ3) is 2.40. The zero-order valence-electron chi connectivity index (χ0n) is 11.1. The van der Waals surface area contributed by atoms with E-state index in [0.717, 1.165) is 11.0 Å². The minimum Gasteiger partial charge on any atom is -0.274 e. The molecule has 106 valence electrons. The molecular weight excluding hydrogens is 280 g/mol. The lowest BCUT2D eigenvalue weighted by atomic mass is 9.95. The molecule has 0 atom stereocenters. The summed E-state index contributed by atoms with van der Waals surface area (Å²) in [7, 11) is 0. The predicted molar refractivity (Wildman–Crippen MR) is 76.1 cm³/mol. The van der Waals surface area contributed by atoms with Gasteiger partial charge in [0.15, 0.2) is 0 Å². The Balaban J connectivity index is 2.38. The molecule has 0 unspecified atom stereocenters. The van der Waals surface area contributed by atoms with Crippen molar-refractivity contribution in [3.8, 4) is 0 Å². The average Bonchev–Trinajstić information content (AvgIpc) is 2.63. The first kappa shape index (κ1) is 14.5. The first-order chi connectivity index (χ1) is 9.26. The van der Waals surface area contributed by atoms with Crippen LogP contribution >= 0.6 is 12.6 Å². The summed E-state index contributed by atoms with van der Waals surface area (Å²) in [5, 5.41) is 10.7. The van der Waals surface area contributed by atoms with E-state index in [0.29, 0.717) is 5.75 Å². The zero-order chi connectivity index (χ0) is 15.1. The van der Waals surface area contributed by atoms with Gasteiger partial charge in [-0.05, 0) is 17.2 Å². The van der Waals surface area contributed by atoms with Gasteiger partial charge in [-0.2, -0.15) is 12.6 Å². The first-order valence-electron chi connectivity index (χ1n) is 6.02. The van der Waals surface area contributed by atoms with Crippen molar-refractivity contribution in [2.75, 3.05) is 12.3 Å². The van der Waals surface area contributed by atoms with Crippen LogP contribution in [0.3, 0.4) is 0 Å². The normalized spacial score (nSPS) is 14.7. The monoisotopic (exact) mass is 294 g/mol. The van der Waals surface area contributed by atoms with E-state index in [2.05, 4.69) is 12.6 Å². The van der Waals surface area contributed by atoms with Gasteiger partial charge in [0.1, 0.15) is 0 Å². The lowest BCUT2D eigenvalue weighted by Crippen LogP contribution is -2.39. The molecule has 1 aliphatic rings. The minimum atomic E-state index is -0.585. The smallest absolute Gasteiger partial charge is 0.270 e. The molecule has 2 amide bonds. The van der Waals surface area contributed by atoms with Gasteiger partial charge in [-0.1, -0.05) is 13.8 Å². The fraction of sp³-hybridized carbons (Fsp3) is 0.385. The maximum atomic E-state index is 12.2. The maximum Gasteiger partial charge on any atom is 0.270 e. The number of carbonyl (C=O) groups excluding carboxylic acids is 2. The summed E-state index contributed by atoms with van der Waals surface area (Å²) in [6, 6.07) is 3.72. The highest BCUT2D eigenvalue weighted by atomic mass is 32.1. The van der Waals surface area contributed by atoms with Crippen LogP contribution < -0.4 is 0 Å². The highest BCUT2D eigenvalue weighted by Crippen LogP contribution is 2.29. The predicted octanol–water partition coefficient (Wildman–Crippen LogP) is 2.15. The van der Waals surface area contributed by atoms with Crippen molar-refractivity contribution in [3.63, 3.8) is 0 Å². The fourth-order valence-electron chi connectivity index (χ4n) is 2.01. The van der Waals surface area contributed by atoms with Crippen LogP contribution in [0.4, 0.5) is 5.69 Å². The van der Waals surface area contributed by atoms with Crippen molar-refractivity contribution >= 4 is 30.1 Å². The Hall–Kier alpha value is -1.89. The zero-order valence-corrected chi connectivity index (χ0v) is 12.0. The summed E-state index contributed by atoms with van der Waals surface area (Å²) < 4.78 is 0. The van der Waals surface area contributed by atoms with Crippen LogP contribution in [-0.2, 0) is 0 Å². The number of carbonyl (C=O) groups is 2. The van der Waals surface area contributed by atoms with Crippen LogP contribution in [0.1, 0.15) is 34.6 Å². The standard InChI is InChI=1S/C13H14N2O4S/c1-13(2,7-20)6-14-11(16)9-4-3-8(15(18)19)5-10(9)12(14)17/h3-5,20H,6-7H2,1-2H3. The molecule has 1 heterocycles. The Morgan fingerprint density at radius 1 is 1.25 bits per heavy atom. The molecule has 2 rings (SSSR count). The summed E-state index contributed by atoms with van der Waals surface area (Å²) in [4.78, 5) is 35.7. The van der Waals surface area contributed by atoms with E-state index in [1.165, 1.54) is 12.1 Å². The summed E-state index contributed by atoms with van der Waals surface area (Å²) >= 11 is 4.20. The van der Waals surface area contributed by atoms with Crippen LogP contribution in [0, 0.1) is 15.5 Å². The largest absolute Gasteiger partial charge is 0.274 e. The molecular formula is C13H14N2O4S. The number of hydrogen-bond acceptors (Lipinski definition) is 5. The van der Waals surface area contributed by atoms with Gasteiger partial charge in [-0.3, -0.25) is 24.6 Å². The SMILES string of the molecule is CC(C)(CS)CN1C(=O)c2ccc([N+](=O)[O-])cc2C1=O. The number of benzene rings is 1. The Labute approximate surface area is 121 Å². The first-order valence-corrected chi connectivity index (χ1v) is 6.65. The van der Waals surface area contributed by atoms with Crippen molar-refractivity contribution in [1.82, 2.24) is 4.90 Å². The Morgan fingerprint density at radius 3 is 2.40 bits per heavy atom. The second-order valence-corrected chi connectivity index (χ2v) is 5.82. The molecule has 0 fully saturated rings. The lowest BCUT2D eigenvalue weighted by molar-refractivity contribution is -0.384. The van der Waals surface area contributed by atoms with Gasteiger partial charge in [0.2, 0.25) is 0 Å². The summed E-state index contributed by atoms with van der Waals surface area (Å²) in [5.74, 6) is -0.376.